The van der Waals surface area contributed by atoms with Crippen LogP contribution in [0, 0.1) is 0 Å². The van der Waals surface area contributed by atoms with Crippen molar-refractivity contribution in [3.63, 3.8) is 0 Å². The van der Waals surface area contributed by atoms with E-state index < -0.39 is 0 Å². The molecular weight excluding hydrogens is 290 g/mol. The van der Waals surface area contributed by atoms with E-state index in [0.29, 0.717) is 12.0 Å². The third-order valence-electron chi connectivity index (χ3n) is 3.91. The van der Waals surface area contributed by atoms with E-state index in [0.717, 1.165) is 16.6 Å². The molecule has 106 valence electrons. The van der Waals surface area contributed by atoms with Crippen LogP contribution in [0.4, 0.5) is 0 Å². The lowest BCUT2D eigenvalue weighted by Crippen LogP contribution is -2.39. The lowest BCUT2D eigenvalue weighted by Gasteiger charge is -2.37. The Bertz CT molecular complexity index is 577. The van der Waals surface area contributed by atoms with Gasteiger partial charge < -0.3 is 10.1 Å². The van der Waals surface area contributed by atoms with Crippen LogP contribution in [0.3, 0.4) is 0 Å². The summed E-state index contributed by atoms with van der Waals surface area (Å²) in [5.41, 5.74) is 1.34. The second kappa shape index (κ2) is 6.17. The van der Waals surface area contributed by atoms with E-state index in [9.17, 15) is 0 Å². The molecule has 1 aliphatic rings. The summed E-state index contributed by atoms with van der Waals surface area (Å²) >= 11 is 7.59. The number of nitrogens with one attached hydrogen (secondary N) is 1. The highest BCUT2D eigenvalue weighted by Crippen LogP contribution is 2.41. The zero-order valence-electron chi connectivity index (χ0n) is 11.4. The molecule has 2 nitrogen and oxygen atoms in total. The molecule has 1 aliphatic carbocycles. The van der Waals surface area contributed by atoms with Crippen LogP contribution in [0.15, 0.2) is 36.4 Å². The van der Waals surface area contributed by atoms with E-state index in [2.05, 4.69) is 23.5 Å². The molecule has 2 aromatic rings. The Kier molecular flexibility index (Phi) is 4.29. The molecule has 0 aliphatic heterocycles. The van der Waals surface area contributed by atoms with Crippen LogP contribution >= 0.6 is 22.9 Å². The fraction of sp³-hybridized carbons (Fsp3) is 0.375. The van der Waals surface area contributed by atoms with Crippen molar-refractivity contribution in [3.05, 3.63) is 51.2 Å². The van der Waals surface area contributed by atoms with Crippen molar-refractivity contribution < 1.29 is 4.74 Å². The highest BCUT2D eigenvalue weighted by atomic mass is 35.5. The quantitative estimate of drug-likeness (QED) is 0.881. The molecule has 1 heterocycles. The Morgan fingerprint density at radius 1 is 1.25 bits per heavy atom. The molecular formula is C16H18ClNOS. The minimum atomic E-state index is 0.603. The summed E-state index contributed by atoms with van der Waals surface area (Å²) in [6.07, 6.45) is 2.36. The standard InChI is InChI=1S/C16H18ClNOS/c1-19-15-5-3-2-4-14(15)11-8-12(9-11)18-10-13-6-7-16(17)20-13/h2-7,11-12,18H,8-10H2,1H3. The Morgan fingerprint density at radius 2 is 2.05 bits per heavy atom. The van der Waals surface area contributed by atoms with Gasteiger partial charge in [-0.25, -0.2) is 0 Å². The number of hydrogen-bond acceptors (Lipinski definition) is 3. The summed E-state index contributed by atoms with van der Waals surface area (Å²) in [4.78, 5) is 1.30. The number of halogens is 1. The van der Waals surface area contributed by atoms with Crippen molar-refractivity contribution in [1.29, 1.82) is 0 Å². The Labute approximate surface area is 128 Å². The van der Waals surface area contributed by atoms with Gasteiger partial charge in [-0.05, 0) is 42.5 Å². The summed E-state index contributed by atoms with van der Waals surface area (Å²) in [5, 5.41) is 3.60. The highest BCUT2D eigenvalue weighted by molar-refractivity contribution is 7.16. The number of benzene rings is 1. The van der Waals surface area contributed by atoms with Gasteiger partial charge in [0.25, 0.3) is 0 Å². The predicted molar refractivity (Wildman–Crippen MR) is 84.9 cm³/mol. The average Bonchev–Trinajstić information content (AvgIpc) is 2.83. The first-order valence-electron chi connectivity index (χ1n) is 6.87. The molecule has 0 spiro atoms. The van der Waals surface area contributed by atoms with Crippen LogP contribution in [0.2, 0.25) is 4.34 Å². The summed E-state index contributed by atoms with van der Waals surface area (Å²) in [7, 11) is 1.74. The van der Waals surface area contributed by atoms with Gasteiger partial charge in [-0.1, -0.05) is 29.8 Å². The van der Waals surface area contributed by atoms with Crippen LogP contribution in [0.5, 0.6) is 5.75 Å². The minimum Gasteiger partial charge on any atom is -0.496 e. The van der Waals surface area contributed by atoms with Crippen LogP contribution in [0.25, 0.3) is 0 Å². The third kappa shape index (κ3) is 3.00. The number of hydrogen-bond donors (Lipinski definition) is 1. The fourth-order valence-electron chi connectivity index (χ4n) is 2.73. The monoisotopic (exact) mass is 307 g/mol. The summed E-state index contributed by atoms with van der Waals surface area (Å²) < 4.78 is 6.30. The van der Waals surface area contributed by atoms with E-state index in [-0.39, 0.29) is 0 Å². The van der Waals surface area contributed by atoms with E-state index in [4.69, 9.17) is 16.3 Å². The fourth-order valence-corrected chi connectivity index (χ4v) is 3.77. The average molecular weight is 308 g/mol. The number of thiophene rings is 1. The molecule has 20 heavy (non-hydrogen) atoms. The molecule has 3 rings (SSSR count). The number of ether oxygens (including phenoxy) is 1. The molecule has 0 unspecified atom stereocenters. The second-order valence-corrected chi connectivity index (χ2v) is 6.99. The van der Waals surface area contributed by atoms with Gasteiger partial charge in [-0.3, -0.25) is 0 Å². The molecule has 0 saturated heterocycles. The van der Waals surface area contributed by atoms with Gasteiger partial charge in [0, 0.05) is 17.5 Å². The van der Waals surface area contributed by atoms with Gasteiger partial charge in [-0.15, -0.1) is 11.3 Å². The topological polar surface area (TPSA) is 21.3 Å². The van der Waals surface area contributed by atoms with Crippen LogP contribution in [-0.4, -0.2) is 13.2 Å². The van der Waals surface area contributed by atoms with Crippen molar-refractivity contribution in [2.45, 2.75) is 31.3 Å². The van der Waals surface area contributed by atoms with E-state index in [1.807, 2.05) is 18.2 Å². The maximum atomic E-state index is 5.94. The lowest BCUT2D eigenvalue weighted by atomic mass is 9.75. The van der Waals surface area contributed by atoms with E-state index in [1.54, 1.807) is 18.4 Å². The van der Waals surface area contributed by atoms with Gasteiger partial charge in [0.1, 0.15) is 5.75 Å². The van der Waals surface area contributed by atoms with Crippen molar-refractivity contribution in [2.75, 3.05) is 7.11 Å². The molecule has 1 saturated carbocycles. The van der Waals surface area contributed by atoms with Gasteiger partial charge in [0.15, 0.2) is 0 Å². The van der Waals surface area contributed by atoms with E-state index >= 15 is 0 Å². The molecule has 1 aromatic heterocycles. The van der Waals surface area contributed by atoms with Gasteiger partial charge >= 0.3 is 0 Å². The van der Waals surface area contributed by atoms with Gasteiger partial charge in [0.05, 0.1) is 11.4 Å². The molecule has 4 heteroatoms. The SMILES string of the molecule is COc1ccccc1C1CC(NCc2ccc(Cl)s2)C1. The smallest absolute Gasteiger partial charge is 0.122 e. The summed E-state index contributed by atoms with van der Waals surface area (Å²) in [6, 6.07) is 13.0. The molecule has 0 radical (unpaired) electrons. The van der Waals surface area contributed by atoms with Gasteiger partial charge in [0.2, 0.25) is 0 Å². The molecule has 1 fully saturated rings. The molecule has 0 amide bonds. The Hall–Kier alpha value is -1.03. The lowest BCUT2D eigenvalue weighted by molar-refractivity contribution is 0.282. The minimum absolute atomic E-state index is 0.603. The summed E-state index contributed by atoms with van der Waals surface area (Å²) in [5.74, 6) is 1.64. The zero-order valence-corrected chi connectivity index (χ0v) is 13.0. The Morgan fingerprint density at radius 3 is 2.75 bits per heavy atom. The Balaban J connectivity index is 1.51. The normalized spacial score (nSPS) is 21.5. The van der Waals surface area contributed by atoms with Crippen molar-refractivity contribution >= 4 is 22.9 Å². The zero-order chi connectivity index (χ0) is 13.9. The maximum absolute atomic E-state index is 5.94. The number of rotatable bonds is 5. The predicted octanol–water partition coefficient (Wildman–Crippen LogP) is 4.45. The van der Waals surface area contributed by atoms with Crippen LogP contribution < -0.4 is 10.1 Å². The molecule has 0 bridgehead atoms. The first-order valence-corrected chi connectivity index (χ1v) is 8.06. The maximum Gasteiger partial charge on any atom is 0.122 e. The third-order valence-corrected chi connectivity index (χ3v) is 5.14. The molecule has 1 N–H and O–H groups in total. The number of methoxy groups -OCH3 is 1. The van der Waals surface area contributed by atoms with Crippen molar-refractivity contribution in [2.24, 2.45) is 0 Å². The second-order valence-electron chi connectivity index (χ2n) is 5.19. The summed E-state index contributed by atoms with van der Waals surface area (Å²) in [6.45, 7) is 0.917. The van der Waals surface area contributed by atoms with Crippen molar-refractivity contribution in [1.82, 2.24) is 5.32 Å². The van der Waals surface area contributed by atoms with Gasteiger partial charge in [-0.2, -0.15) is 0 Å². The van der Waals surface area contributed by atoms with Crippen molar-refractivity contribution in [3.8, 4) is 5.75 Å². The molecule has 0 atom stereocenters. The highest BCUT2D eigenvalue weighted by Gasteiger charge is 2.31. The van der Waals surface area contributed by atoms with Crippen LogP contribution in [0.1, 0.15) is 29.2 Å². The molecule has 1 aromatic carbocycles. The largest absolute Gasteiger partial charge is 0.496 e. The first kappa shape index (κ1) is 13.9. The van der Waals surface area contributed by atoms with E-state index in [1.165, 1.54) is 23.3 Å². The number of para-hydroxylation sites is 1. The first-order chi connectivity index (χ1) is 9.76. The van der Waals surface area contributed by atoms with Crippen LogP contribution in [-0.2, 0) is 6.54 Å².